The van der Waals surface area contributed by atoms with E-state index in [1.54, 1.807) is 7.11 Å². The predicted molar refractivity (Wildman–Crippen MR) is 74.7 cm³/mol. The molecule has 0 aliphatic carbocycles. The van der Waals surface area contributed by atoms with Crippen LogP contribution in [0.1, 0.15) is 45.6 Å². The van der Waals surface area contributed by atoms with Gasteiger partial charge in [-0.05, 0) is 37.8 Å². The maximum absolute atomic E-state index is 5.41. The van der Waals surface area contributed by atoms with E-state index in [9.17, 15) is 0 Å². The third-order valence-corrected chi connectivity index (χ3v) is 3.18. The lowest BCUT2D eigenvalue weighted by atomic mass is 10.0. The summed E-state index contributed by atoms with van der Waals surface area (Å²) in [5.74, 6) is 0.550. The number of benzene rings is 1. The summed E-state index contributed by atoms with van der Waals surface area (Å²) in [5, 5.41) is 3.51. The highest BCUT2D eigenvalue weighted by molar-refractivity contribution is 5.52. The summed E-state index contributed by atoms with van der Waals surface area (Å²) < 4.78 is 5.41. The van der Waals surface area contributed by atoms with Gasteiger partial charge in [-0.1, -0.05) is 32.0 Å². The quantitative estimate of drug-likeness (QED) is 0.803. The first-order chi connectivity index (χ1) is 7.96. The van der Waals surface area contributed by atoms with Crippen LogP contribution in [0.2, 0.25) is 0 Å². The number of ether oxygens (including phenoxy) is 1. The molecule has 0 radical (unpaired) electrons. The van der Waals surface area contributed by atoms with Crippen LogP contribution in [0.4, 0.5) is 5.69 Å². The fourth-order valence-electron chi connectivity index (χ4n) is 1.76. The number of nitrogens with one attached hydrogen (secondary N) is 1. The normalized spacial score (nSPS) is 11.9. The maximum Gasteiger partial charge on any atom is 0.0639 e. The molecule has 0 fully saturated rings. The highest BCUT2D eigenvalue weighted by Gasteiger charge is 2.15. The largest absolute Gasteiger partial charge is 0.385 e. The van der Waals surface area contributed by atoms with E-state index in [0.717, 1.165) is 13.0 Å². The van der Waals surface area contributed by atoms with Crippen molar-refractivity contribution in [1.82, 2.24) is 0 Å². The number of hydrogen-bond acceptors (Lipinski definition) is 2. The molecule has 1 aromatic rings. The van der Waals surface area contributed by atoms with Crippen molar-refractivity contribution in [2.45, 2.75) is 45.6 Å². The SMILES string of the molecule is COC(C)(C)CCNc1ccccc1C(C)C. The molecule has 0 atom stereocenters. The number of anilines is 1. The molecule has 1 aromatic carbocycles. The fraction of sp³-hybridized carbons (Fsp3) is 0.600. The molecule has 0 saturated carbocycles. The summed E-state index contributed by atoms with van der Waals surface area (Å²) in [7, 11) is 1.77. The van der Waals surface area contributed by atoms with E-state index in [1.807, 2.05) is 0 Å². The number of para-hydroxylation sites is 1. The van der Waals surface area contributed by atoms with Gasteiger partial charge in [0.25, 0.3) is 0 Å². The van der Waals surface area contributed by atoms with Crippen molar-refractivity contribution in [2.24, 2.45) is 0 Å². The summed E-state index contributed by atoms with van der Waals surface area (Å²) in [4.78, 5) is 0. The second-order valence-corrected chi connectivity index (χ2v) is 5.38. The average Bonchev–Trinajstić information content (AvgIpc) is 2.29. The lowest BCUT2D eigenvalue weighted by molar-refractivity contribution is 0.0185. The van der Waals surface area contributed by atoms with E-state index in [-0.39, 0.29) is 5.60 Å². The Hall–Kier alpha value is -1.02. The van der Waals surface area contributed by atoms with Crippen LogP contribution in [0, 0.1) is 0 Å². The Morgan fingerprint density at radius 1 is 1.24 bits per heavy atom. The molecule has 0 aromatic heterocycles. The summed E-state index contributed by atoms with van der Waals surface area (Å²) in [6.07, 6.45) is 0.996. The summed E-state index contributed by atoms with van der Waals surface area (Å²) in [6, 6.07) is 8.51. The Morgan fingerprint density at radius 2 is 1.88 bits per heavy atom. The zero-order valence-electron chi connectivity index (χ0n) is 11.7. The lowest BCUT2D eigenvalue weighted by Crippen LogP contribution is -2.25. The monoisotopic (exact) mass is 235 g/mol. The first-order valence-corrected chi connectivity index (χ1v) is 6.34. The molecule has 0 aliphatic heterocycles. The van der Waals surface area contributed by atoms with Crippen LogP contribution in [0.3, 0.4) is 0 Å². The predicted octanol–water partition coefficient (Wildman–Crippen LogP) is 4.04. The first kappa shape index (κ1) is 14.0. The van der Waals surface area contributed by atoms with Crippen LogP contribution < -0.4 is 5.32 Å². The molecule has 0 bridgehead atoms. The van der Waals surface area contributed by atoms with Gasteiger partial charge in [0.05, 0.1) is 5.60 Å². The molecular formula is C15H25NO. The van der Waals surface area contributed by atoms with Crippen molar-refractivity contribution < 1.29 is 4.74 Å². The van der Waals surface area contributed by atoms with Gasteiger partial charge in [-0.15, -0.1) is 0 Å². The Labute approximate surface area is 105 Å². The van der Waals surface area contributed by atoms with Crippen LogP contribution in [0.5, 0.6) is 0 Å². The molecule has 0 unspecified atom stereocenters. The van der Waals surface area contributed by atoms with Gasteiger partial charge in [0.1, 0.15) is 0 Å². The zero-order valence-corrected chi connectivity index (χ0v) is 11.7. The third kappa shape index (κ3) is 4.39. The van der Waals surface area contributed by atoms with Crippen LogP contribution in [0.25, 0.3) is 0 Å². The molecule has 0 amide bonds. The van der Waals surface area contributed by atoms with Gasteiger partial charge in [-0.25, -0.2) is 0 Å². The molecule has 96 valence electrons. The smallest absolute Gasteiger partial charge is 0.0639 e. The minimum atomic E-state index is -0.0558. The van der Waals surface area contributed by atoms with Crippen LogP contribution >= 0.6 is 0 Å². The number of rotatable bonds is 6. The van der Waals surface area contributed by atoms with Gasteiger partial charge in [0, 0.05) is 19.3 Å². The van der Waals surface area contributed by atoms with E-state index in [2.05, 4.69) is 57.3 Å². The molecule has 2 nitrogen and oxygen atoms in total. The van der Waals surface area contributed by atoms with Crippen LogP contribution in [-0.4, -0.2) is 19.3 Å². The van der Waals surface area contributed by atoms with E-state index in [0.29, 0.717) is 5.92 Å². The highest BCUT2D eigenvalue weighted by atomic mass is 16.5. The molecule has 0 aliphatic rings. The number of methoxy groups -OCH3 is 1. The molecular weight excluding hydrogens is 210 g/mol. The standard InChI is InChI=1S/C15H25NO/c1-12(2)13-8-6-7-9-14(13)16-11-10-15(3,4)17-5/h6-9,12,16H,10-11H2,1-5H3. The van der Waals surface area contributed by atoms with Crippen molar-refractivity contribution in [3.8, 4) is 0 Å². The van der Waals surface area contributed by atoms with Crippen molar-refractivity contribution in [3.63, 3.8) is 0 Å². The average molecular weight is 235 g/mol. The minimum Gasteiger partial charge on any atom is -0.385 e. The Kier molecular flexibility index (Phi) is 5.01. The number of hydrogen-bond donors (Lipinski definition) is 1. The summed E-state index contributed by atoms with van der Waals surface area (Å²) >= 11 is 0. The summed E-state index contributed by atoms with van der Waals surface area (Å²) in [6.45, 7) is 9.61. The van der Waals surface area contributed by atoms with Gasteiger partial charge < -0.3 is 10.1 Å². The minimum absolute atomic E-state index is 0.0558. The van der Waals surface area contributed by atoms with Gasteiger partial charge >= 0.3 is 0 Å². The van der Waals surface area contributed by atoms with Crippen molar-refractivity contribution in [3.05, 3.63) is 29.8 Å². The second-order valence-electron chi connectivity index (χ2n) is 5.38. The van der Waals surface area contributed by atoms with Crippen molar-refractivity contribution >= 4 is 5.69 Å². The molecule has 0 spiro atoms. The molecule has 2 heteroatoms. The Morgan fingerprint density at radius 3 is 2.47 bits per heavy atom. The van der Waals surface area contributed by atoms with Crippen LogP contribution in [-0.2, 0) is 4.74 Å². The summed E-state index contributed by atoms with van der Waals surface area (Å²) in [5.41, 5.74) is 2.57. The fourth-order valence-corrected chi connectivity index (χ4v) is 1.76. The van der Waals surface area contributed by atoms with Gasteiger partial charge in [-0.2, -0.15) is 0 Å². The molecule has 0 saturated heterocycles. The molecule has 1 N–H and O–H groups in total. The molecule has 17 heavy (non-hydrogen) atoms. The molecule has 1 rings (SSSR count). The van der Waals surface area contributed by atoms with Gasteiger partial charge in [-0.3, -0.25) is 0 Å². The second kappa shape index (κ2) is 6.06. The van der Waals surface area contributed by atoms with E-state index >= 15 is 0 Å². The van der Waals surface area contributed by atoms with E-state index in [1.165, 1.54) is 11.3 Å². The Bertz CT molecular complexity index is 345. The highest BCUT2D eigenvalue weighted by Crippen LogP contribution is 2.24. The molecule has 0 heterocycles. The topological polar surface area (TPSA) is 21.3 Å². The van der Waals surface area contributed by atoms with E-state index < -0.39 is 0 Å². The lowest BCUT2D eigenvalue weighted by Gasteiger charge is -2.23. The maximum atomic E-state index is 5.41. The first-order valence-electron chi connectivity index (χ1n) is 6.34. The van der Waals surface area contributed by atoms with Crippen LogP contribution in [0.15, 0.2) is 24.3 Å². The van der Waals surface area contributed by atoms with E-state index in [4.69, 9.17) is 4.74 Å². The van der Waals surface area contributed by atoms with Crippen molar-refractivity contribution in [2.75, 3.05) is 19.0 Å². The third-order valence-electron chi connectivity index (χ3n) is 3.18. The van der Waals surface area contributed by atoms with Crippen molar-refractivity contribution in [1.29, 1.82) is 0 Å². The van der Waals surface area contributed by atoms with Gasteiger partial charge in [0.2, 0.25) is 0 Å². The van der Waals surface area contributed by atoms with Gasteiger partial charge in [0.15, 0.2) is 0 Å². The zero-order chi connectivity index (χ0) is 12.9. The Balaban J connectivity index is 2.58.